The molecule has 3 nitrogen and oxygen atoms in total. The second-order valence-electron chi connectivity index (χ2n) is 6.89. The van der Waals surface area contributed by atoms with Crippen molar-refractivity contribution in [2.45, 2.75) is 77.3 Å². The van der Waals surface area contributed by atoms with Crippen molar-refractivity contribution >= 4 is 5.91 Å². The normalized spacial score (nSPS) is 37.6. The van der Waals surface area contributed by atoms with Crippen LogP contribution in [-0.4, -0.2) is 18.0 Å². The zero-order chi connectivity index (χ0) is 13.8. The van der Waals surface area contributed by atoms with E-state index in [1.807, 2.05) is 0 Å². The van der Waals surface area contributed by atoms with Gasteiger partial charge in [-0.15, -0.1) is 0 Å². The summed E-state index contributed by atoms with van der Waals surface area (Å²) in [4.78, 5) is 12.5. The summed E-state index contributed by atoms with van der Waals surface area (Å²) in [6, 6.07) is 0.610. The van der Waals surface area contributed by atoms with Crippen LogP contribution in [0.15, 0.2) is 0 Å². The minimum Gasteiger partial charge on any atom is -0.353 e. The van der Waals surface area contributed by atoms with Crippen molar-refractivity contribution < 1.29 is 4.79 Å². The number of nitrogens with two attached hydrogens (primary N) is 1. The Balaban J connectivity index is 1.87. The van der Waals surface area contributed by atoms with E-state index in [1.165, 1.54) is 25.7 Å². The lowest BCUT2D eigenvalue weighted by Gasteiger charge is -2.36. The third-order valence-electron chi connectivity index (χ3n) is 5.23. The molecule has 2 aliphatic rings. The Morgan fingerprint density at radius 3 is 2.26 bits per heavy atom. The summed E-state index contributed by atoms with van der Waals surface area (Å²) in [7, 11) is 0. The van der Waals surface area contributed by atoms with Gasteiger partial charge in [0.15, 0.2) is 0 Å². The summed E-state index contributed by atoms with van der Waals surface area (Å²) >= 11 is 0. The Hall–Kier alpha value is -0.570. The van der Waals surface area contributed by atoms with Gasteiger partial charge in [0, 0.05) is 18.0 Å². The minimum atomic E-state index is 0.134. The number of amides is 1. The topological polar surface area (TPSA) is 55.1 Å². The second kappa shape index (κ2) is 6.74. The van der Waals surface area contributed by atoms with Crippen molar-refractivity contribution in [2.24, 2.45) is 23.5 Å². The van der Waals surface area contributed by atoms with Gasteiger partial charge in [-0.3, -0.25) is 4.79 Å². The molecule has 0 radical (unpaired) electrons. The van der Waals surface area contributed by atoms with Crippen LogP contribution in [-0.2, 0) is 4.79 Å². The third-order valence-corrected chi connectivity index (χ3v) is 5.23. The summed E-state index contributed by atoms with van der Waals surface area (Å²) in [6.45, 7) is 4.42. The van der Waals surface area contributed by atoms with E-state index in [2.05, 4.69) is 19.2 Å². The van der Waals surface area contributed by atoms with Crippen LogP contribution in [0.2, 0.25) is 0 Å². The van der Waals surface area contributed by atoms with Crippen LogP contribution in [0, 0.1) is 17.8 Å². The zero-order valence-corrected chi connectivity index (χ0v) is 12.5. The van der Waals surface area contributed by atoms with Gasteiger partial charge in [0.25, 0.3) is 0 Å². The van der Waals surface area contributed by atoms with E-state index in [9.17, 15) is 4.79 Å². The molecule has 4 unspecified atom stereocenters. The summed E-state index contributed by atoms with van der Waals surface area (Å²) in [5.41, 5.74) is 6.15. The van der Waals surface area contributed by atoms with Gasteiger partial charge in [-0.05, 0) is 37.5 Å². The van der Waals surface area contributed by atoms with Crippen LogP contribution in [0.1, 0.15) is 65.2 Å². The van der Waals surface area contributed by atoms with E-state index in [-0.39, 0.29) is 17.9 Å². The molecule has 4 atom stereocenters. The molecule has 1 amide bonds. The monoisotopic (exact) mass is 266 g/mol. The quantitative estimate of drug-likeness (QED) is 0.755. The van der Waals surface area contributed by atoms with Crippen molar-refractivity contribution in [3.63, 3.8) is 0 Å². The van der Waals surface area contributed by atoms with Crippen molar-refractivity contribution in [3.05, 3.63) is 0 Å². The van der Waals surface area contributed by atoms with Crippen LogP contribution in [0.25, 0.3) is 0 Å². The summed E-state index contributed by atoms with van der Waals surface area (Å²) in [6.07, 6.45) is 9.46. The third kappa shape index (κ3) is 3.95. The number of hydrogen-bond donors (Lipinski definition) is 2. The first kappa shape index (κ1) is 14.8. The first-order valence-corrected chi connectivity index (χ1v) is 8.14. The predicted molar refractivity (Wildman–Crippen MR) is 78.7 cm³/mol. The first-order valence-electron chi connectivity index (χ1n) is 8.14. The fraction of sp³-hybridized carbons (Fsp3) is 0.938. The van der Waals surface area contributed by atoms with Crippen LogP contribution >= 0.6 is 0 Å². The molecular formula is C16H30N2O. The molecule has 3 heteroatoms. The van der Waals surface area contributed by atoms with E-state index >= 15 is 0 Å². The number of nitrogens with one attached hydrogen (secondary N) is 1. The molecule has 3 N–H and O–H groups in total. The fourth-order valence-electron chi connectivity index (χ4n) is 3.78. The highest BCUT2D eigenvalue weighted by Gasteiger charge is 2.35. The fourth-order valence-corrected chi connectivity index (χ4v) is 3.78. The molecule has 0 heterocycles. The maximum Gasteiger partial charge on any atom is 0.223 e. The van der Waals surface area contributed by atoms with E-state index < -0.39 is 0 Å². The molecule has 0 saturated heterocycles. The van der Waals surface area contributed by atoms with E-state index in [0.717, 1.165) is 25.7 Å². The minimum absolute atomic E-state index is 0.134. The molecule has 2 saturated carbocycles. The largest absolute Gasteiger partial charge is 0.353 e. The van der Waals surface area contributed by atoms with Crippen LogP contribution < -0.4 is 11.1 Å². The molecule has 0 aromatic rings. The van der Waals surface area contributed by atoms with Gasteiger partial charge >= 0.3 is 0 Å². The molecule has 2 aliphatic carbocycles. The number of carbonyl (C=O) groups is 1. The standard InChI is InChI=1S/C16H30N2O/c1-11-9-12(2)15(17)10-14(11)16(19)18-13-7-5-3-4-6-8-13/h11-15H,3-10,17H2,1-2H3,(H,18,19). The van der Waals surface area contributed by atoms with Crippen molar-refractivity contribution in [2.75, 3.05) is 0 Å². The Bertz CT molecular complexity index is 297. The van der Waals surface area contributed by atoms with Gasteiger partial charge in [-0.2, -0.15) is 0 Å². The first-order chi connectivity index (χ1) is 9.08. The highest BCUT2D eigenvalue weighted by Crippen LogP contribution is 2.33. The van der Waals surface area contributed by atoms with Crippen molar-refractivity contribution in [3.8, 4) is 0 Å². The molecule has 2 fully saturated rings. The zero-order valence-electron chi connectivity index (χ0n) is 12.5. The average Bonchev–Trinajstić information content (AvgIpc) is 2.62. The molecule has 0 spiro atoms. The molecule has 0 bridgehead atoms. The summed E-state index contributed by atoms with van der Waals surface area (Å²) in [5.74, 6) is 1.42. The van der Waals surface area contributed by atoms with Gasteiger partial charge in [-0.25, -0.2) is 0 Å². The molecular weight excluding hydrogens is 236 g/mol. The summed E-state index contributed by atoms with van der Waals surface area (Å²) in [5, 5.41) is 3.30. The predicted octanol–water partition coefficient (Wildman–Crippen LogP) is 2.83. The van der Waals surface area contributed by atoms with Gasteiger partial charge in [0.2, 0.25) is 5.91 Å². The molecule has 2 rings (SSSR count). The SMILES string of the molecule is CC1CC(C)C(C(=O)NC2CCCCCC2)CC1N. The maximum absolute atomic E-state index is 12.5. The molecule has 0 aliphatic heterocycles. The number of hydrogen-bond acceptors (Lipinski definition) is 2. The van der Waals surface area contributed by atoms with Gasteiger partial charge < -0.3 is 11.1 Å². The van der Waals surface area contributed by atoms with Crippen LogP contribution in [0.5, 0.6) is 0 Å². The lowest BCUT2D eigenvalue weighted by molar-refractivity contribution is -0.129. The van der Waals surface area contributed by atoms with Crippen LogP contribution in [0.3, 0.4) is 0 Å². The average molecular weight is 266 g/mol. The van der Waals surface area contributed by atoms with Crippen LogP contribution in [0.4, 0.5) is 0 Å². The highest BCUT2D eigenvalue weighted by atomic mass is 16.2. The van der Waals surface area contributed by atoms with Gasteiger partial charge in [0.05, 0.1) is 0 Å². The molecule has 110 valence electrons. The lowest BCUT2D eigenvalue weighted by Crippen LogP contribution is -2.47. The van der Waals surface area contributed by atoms with E-state index in [1.54, 1.807) is 0 Å². The van der Waals surface area contributed by atoms with Crippen molar-refractivity contribution in [1.29, 1.82) is 0 Å². The van der Waals surface area contributed by atoms with E-state index in [4.69, 9.17) is 5.73 Å². The Labute approximate surface area is 117 Å². The Morgan fingerprint density at radius 1 is 1.00 bits per heavy atom. The highest BCUT2D eigenvalue weighted by molar-refractivity contribution is 5.79. The second-order valence-corrected chi connectivity index (χ2v) is 6.89. The molecule has 19 heavy (non-hydrogen) atoms. The Kier molecular flexibility index (Phi) is 5.26. The van der Waals surface area contributed by atoms with Gasteiger partial charge in [-0.1, -0.05) is 39.5 Å². The molecule has 0 aromatic carbocycles. The maximum atomic E-state index is 12.5. The van der Waals surface area contributed by atoms with Gasteiger partial charge in [0.1, 0.15) is 0 Å². The van der Waals surface area contributed by atoms with E-state index in [0.29, 0.717) is 17.9 Å². The summed E-state index contributed by atoms with van der Waals surface area (Å²) < 4.78 is 0. The smallest absolute Gasteiger partial charge is 0.223 e. The number of carbonyl (C=O) groups excluding carboxylic acids is 1. The Morgan fingerprint density at radius 2 is 1.63 bits per heavy atom. The lowest BCUT2D eigenvalue weighted by atomic mass is 9.72. The van der Waals surface area contributed by atoms with Crippen molar-refractivity contribution in [1.82, 2.24) is 5.32 Å². The number of rotatable bonds is 2. The molecule has 0 aromatic heterocycles.